The molecule has 0 radical (unpaired) electrons. The molecule has 1 aromatic carbocycles. The first-order chi connectivity index (χ1) is 14.9. The van der Waals surface area contributed by atoms with E-state index in [0.717, 1.165) is 12.1 Å². The number of benzene rings is 1. The molecule has 1 aromatic rings. The van der Waals surface area contributed by atoms with Crippen LogP contribution in [0.2, 0.25) is 0 Å². The van der Waals surface area contributed by atoms with E-state index in [1.54, 1.807) is 33.8 Å². The number of allylic oxidation sites excluding steroid dienone is 1. The fraction of sp³-hybridized carbons (Fsp3) is 0.524. The third-order valence-electron chi connectivity index (χ3n) is 4.74. The maximum Gasteiger partial charge on any atom is 0.407 e. The number of rotatable bonds is 9. The Bertz CT molecular complexity index is 1010. The zero-order valence-corrected chi connectivity index (χ0v) is 19.3. The Hall–Kier alpha value is -2.95. The van der Waals surface area contributed by atoms with Gasteiger partial charge in [0.05, 0.1) is 4.92 Å². The van der Waals surface area contributed by atoms with E-state index in [1.807, 2.05) is 0 Å². The first-order valence-corrected chi connectivity index (χ1v) is 11.8. The van der Waals surface area contributed by atoms with Gasteiger partial charge in [-0.1, -0.05) is 26.0 Å². The van der Waals surface area contributed by atoms with Crippen molar-refractivity contribution >= 4 is 27.7 Å². The summed E-state index contributed by atoms with van der Waals surface area (Å²) in [6.07, 6.45) is 2.25. The van der Waals surface area contributed by atoms with Crippen molar-refractivity contribution in [3.05, 3.63) is 45.5 Å². The van der Waals surface area contributed by atoms with E-state index >= 15 is 0 Å². The van der Waals surface area contributed by atoms with E-state index < -0.39 is 43.7 Å². The van der Waals surface area contributed by atoms with Gasteiger partial charge < -0.3 is 14.2 Å². The summed E-state index contributed by atoms with van der Waals surface area (Å²) in [6, 6.07) is 3.46. The molecule has 0 saturated carbocycles. The molecular formula is C21H28N2O8S. The van der Waals surface area contributed by atoms with Gasteiger partial charge in [0, 0.05) is 23.6 Å². The number of hydrogen-bond acceptors (Lipinski definition) is 8. The molecule has 0 fully saturated rings. The number of carbonyl (C=O) groups is 2. The quantitative estimate of drug-likeness (QED) is 0.329. The number of alkyl carbamates (subject to hydrolysis) is 1. The minimum Gasteiger partial charge on any atom is -0.445 e. The highest BCUT2D eigenvalue weighted by Gasteiger charge is 2.37. The summed E-state index contributed by atoms with van der Waals surface area (Å²) in [4.78, 5) is 34.8. The topological polar surface area (TPSA) is 142 Å². The minimum atomic E-state index is -4.36. The highest BCUT2D eigenvalue weighted by molar-refractivity contribution is 7.88. The van der Waals surface area contributed by atoms with Crippen LogP contribution >= 0.6 is 0 Å². The Morgan fingerprint density at radius 3 is 2.53 bits per heavy atom. The fourth-order valence-corrected chi connectivity index (χ4v) is 4.70. The van der Waals surface area contributed by atoms with Gasteiger partial charge in [0.25, 0.3) is 0 Å². The van der Waals surface area contributed by atoms with Crippen molar-refractivity contribution in [2.75, 3.05) is 0 Å². The van der Waals surface area contributed by atoms with E-state index in [9.17, 15) is 28.1 Å². The molecule has 0 aromatic heterocycles. The van der Waals surface area contributed by atoms with E-state index in [1.165, 1.54) is 6.07 Å². The van der Waals surface area contributed by atoms with E-state index in [-0.39, 0.29) is 36.0 Å². The van der Waals surface area contributed by atoms with Gasteiger partial charge in [-0.2, -0.15) is 8.42 Å². The van der Waals surface area contributed by atoms with Crippen LogP contribution in [0.1, 0.15) is 52.5 Å². The van der Waals surface area contributed by atoms with Gasteiger partial charge in [0.1, 0.15) is 11.9 Å². The largest absolute Gasteiger partial charge is 0.445 e. The van der Waals surface area contributed by atoms with Crippen LogP contribution < -0.4 is 9.50 Å². The van der Waals surface area contributed by atoms with Gasteiger partial charge in [-0.15, -0.1) is 0 Å². The Labute approximate surface area is 187 Å². The lowest BCUT2D eigenvalue weighted by Gasteiger charge is -2.24. The molecular weight excluding hydrogens is 440 g/mol. The van der Waals surface area contributed by atoms with E-state index in [2.05, 4.69) is 5.32 Å². The van der Waals surface area contributed by atoms with E-state index in [4.69, 9.17) is 8.92 Å². The Balaban J connectivity index is 2.26. The van der Waals surface area contributed by atoms with Crippen molar-refractivity contribution in [1.29, 1.82) is 0 Å². The Morgan fingerprint density at radius 2 is 1.94 bits per heavy atom. The SMILES string of the molecule is CC(C)NC(=O)OCc1ccc(OS(=O)(=O)C2CCCC=C2C(=O)C(C)C)c([N+](=O)[O-])c1. The zero-order chi connectivity index (χ0) is 24.1. The van der Waals surface area contributed by atoms with Gasteiger partial charge in [-0.25, -0.2) is 4.79 Å². The molecule has 0 bridgehead atoms. The molecule has 0 saturated heterocycles. The maximum absolute atomic E-state index is 13.0. The van der Waals surface area contributed by atoms with Crippen molar-refractivity contribution in [1.82, 2.24) is 5.32 Å². The Kier molecular flexibility index (Phi) is 8.37. The lowest BCUT2D eigenvalue weighted by molar-refractivity contribution is -0.385. The molecule has 1 N–H and O–H groups in total. The lowest BCUT2D eigenvalue weighted by atomic mass is 9.91. The molecule has 32 heavy (non-hydrogen) atoms. The summed E-state index contributed by atoms with van der Waals surface area (Å²) in [5, 5.41) is 12.9. The van der Waals surface area contributed by atoms with Crippen LogP contribution in [0.4, 0.5) is 10.5 Å². The average Bonchev–Trinajstić information content (AvgIpc) is 2.71. The normalized spacial score (nSPS) is 16.4. The molecule has 1 aliphatic carbocycles. The molecule has 1 unspecified atom stereocenters. The van der Waals surface area contributed by atoms with Crippen molar-refractivity contribution in [3.63, 3.8) is 0 Å². The summed E-state index contributed by atoms with van der Waals surface area (Å²) in [6.45, 7) is 6.61. The summed E-state index contributed by atoms with van der Waals surface area (Å²) in [5.74, 6) is -1.14. The second-order valence-corrected chi connectivity index (χ2v) is 9.83. The Morgan fingerprint density at radius 1 is 1.25 bits per heavy atom. The molecule has 0 heterocycles. The number of nitrogens with one attached hydrogen (secondary N) is 1. The predicted molar refractivity (Wildman–Crippen MR) is 117 cm³/mol. The van der Waals surface area contributed by atoms with Gasteiger partial charge in [0.2, 0.25) is 5.75 Å². The zero-order valence-electron chi connectivity index (χ0n) is 18.5. The summed E-state index contributed by atoms with van der Waals surface area (Å²) < 4.78 is 36.0. The highest BCUT2D eigenvalue weighted by Crippen LogP contribution is 2.34. The van der Waals surface area contributed by atoms with Crippen LogP contribution in [0.25, 0.3) is 0 Å². The first-order valence-electron chi connectivity index (χ1n) is 10.3. The van der Waals surface area contributed by atoms with Crippen molar-refractivity contribution in [2.45, 2.75) is 64.9 Å². The van der Waals surface area contributed by atoms with Crippen molar-refractivity contribution in [2.24, 2.45) is 5.92 Å². The number of nitro groups is 1. The molecule has 176 valence electrons. The average molecular weight is 469 g/mol. The van der Waals surface area contributed by atoms with Crippen LogP contribution in [-0.2, 0) is 26.3 Å². The molecule has 1 atom stereocenters. The predicted octanol–water partition coefficient (Wildman–Crippen LogP) is 3.64. The summed E-state index contributed by atoms with van der Waals surface area (Å²) in [7, 11) is -4.36. The lowest BCUT2D eigenvalue weighted by Crippen LogP contribution is -2.34. The number of Topliss-reactive ketones (excluding diaryl/α,β-unsaturated/α-hetero) is 1. The molecule has 10 nitrogen and oxygen atoms in total. The number of nitro benzene ring substituents is 1. The second kappa shape index (κ2) is 10.6. The van der Waals surface area contributed by atoms with E-state index in [0.29, 0.717) is 12.8 Å². The van der Waals surface area contributed by atoms with Crippen molar-refractivity contribution < 1.29 is 31.9 Å². The van der Waals surface area contributed by atoms with Gasteiger partial charge in [-0.05, 0) is 44.7 Å². The fourth-order valence-electron chi connectivity index (χ4n) is 3.22. The molecule has 2 rings (SSSR count). The molecule has 1 aliphatic rings. The number of ether oxygens (including phenoxy) is 1. The van der Waals surface area contributed by atoms with Gasteiger partial charge in [-0.3, -0.25) is 14.9 Å². The number of nitrogens with zero attached hydrogens (tertiary/aromatic N) is 1. The molecule has 1 amide bonds. The van der Waals surface area contributed by atoms with Crippen LogP contribution in [0, 0.1) is 16.0 Å². The van der Waals surface area contributed by atoms with Gasteiger partial charge >= 0.3 is 21.9 Å². The molecule has 0 aliphatic heterocycles. The summed E-state index contributed by atoms with van der Waals surface area (Å²) >= 11 is 0. The number of carbonyl (C=O) groups excluding carboxylic acids is 2. The number of hydrogen-bond donors (Lipinski definition) is 1. The standard InChI is InChI=1S/C21H28N2O8S/c1-13(2)20(24)16-7-5-6-8-19(16)32(28,29)31-18-10-9-15(11-17(18)23(26)27)12-30-21(25)22-14(3)4/h7,9-11,13-14,19H,5-6,8,12H2,1-4H3,(H,22,25). The smallest absolute Gasteiger partial charge is 0.407 e. The van der Waals surface area contributed by atoms with Crippen LogP contribution in [-0.4, -0.2) is 36.5 Å². The van der Waals surface area contributed by atoms with Crippen LogP contribution in [0.5, 0.6) is 5.75 Å². The minimum absolute atomic E-state index is 0.140. The van der Waals surface area contributed by atoms with Crippen LogP contribution in [0.3, 0.4) is 0 Å². The number of ketones is 1. The number of amides is 1. The first kappa shape index (κ1) is 25.3. The second-order valence-electron chi connectivity index (χ2n) is 8.11. The van der Waals surface area contributed by atoms with Gasteiger partial charge in [0.15, 0.2) is 5.78 Å². The third kappa shape index (κ3) is 6.52. The third-order valence-corrected chi connectivity index (χ3v) is 6.34. The van der Waals surface area contributed by atoms with Crippen molar-refractivity contribution in [3.8, 4) is 5.75 Å². The van der Waals surface area contributed by atoms with Crippen LogP contribution in [0.15, 0.2) is 29.8 Å². The summed E-state index contributed by atoms with van der Waals surface area (Å²) in [5.41, 5.74) is -0.140. The molecule has 0 spiro atoms. The maximum atomic E-state index is 13.0. The monoisotopic (exact) mass is 468 g/mol. The molecule has 11 heteroatoms. The highest BCUT2D eigenvalue weighted by atomic mass is 32.2.